The molecule has 134 valence electrons. The first kappa shape index (κ1) is 19.1. The number of nitrogens with zero attached hydrogens (tertiary/aromatic N) is 2. The summed E-state index contributed by atoms with van der Waals surface area (Å²) in [6.45, 7) is 3.41. The fourth-order valence-corrected chi connectivity index (χ4v) is 2.11. The third-order valence-electron chi connectivity index (χ3n) is 3.46. The van der Waals surface area contributed by atoms with Crippen LogP contribution in [0.1, 0.15) is 18.1 Å². The third kappa shape index (κ3) is 4.87. The standard InChI is InChI=1S/C17H15ClN4O4/c1-10-3-6-13(9-15(10)18)19-16(23)17(24)21-20-11(2)12-4-7-14(8-5-12)22(25)26/h3-9H,1-2H3,(H,19,23)(H,21,24). The van der Waals surface area contributed by atoms with E-state index in [-0.39, 0.29) is 5.69 Å². The Hall–Kier alpha value is -3.26. The molecule has 2 aromatic rings. The molecule has 0 aliphatic rings. The van der Waals surface area contributed by atoms with Crippen LogP contribution >= 0.6 is 11.6 Å². The van der Waals surface area contributed by atoms with Crippen molar-refractivity contribution < 1.29 is 14.5 Å². The van der Waals surface area contributed by atoms with Crippen molar-refractivity contribution in [1.29, 1.82) is 0 Å². The lowest BCUT2D eigenvalue weighted by Crippen LogP contribution is -2.32. The quantitative estimate of drug-likeness (QED) is 0.370. The number of nitrogens with one attached hydrogen (secondary N) is 2. The van der Waals surface area contributed by atoms with Gasteiger partial charge in [-0.15, -0.1) is 0 Å². The molecular formula is C17H15ClN4O4. The van der Waals surface area contributed by atoms with Crippen LogP contribution in [0.5, 0.6) is 0 Å². The average molecular weight is 375 g/mol. The minimum absolute atomic E-state index is 0.0540. The Kier molecular flexibility index (Phi) is 6.03. The van der Waals surface area contributed by atoms with Gasteiger partial charge in [-0.05, 0) is 49.2 Å². The Balaban J connectivity index is 1.99. The van der Waals surface area contributed by atoms with Gasteiger partial charge in [-0.2, -0.15) is 5.10 Å². The van der Waals surface area contributed by atoms with E-state index in [0.717, 1.165) is 5.56 Å². The summed E-state index contributed by atoms with van der Waals surface area (Å²) in [5, 5.41) is 17.3. The van der Waals surface area contributed by atoms with Crippen LogP contribution in [-0.2, 0) is 9.59 Å². The van der Waals surface area contributed by atoms with Crippen LogP contribution in [0.3, 0.4) is 0 Å². The van der Waals surface area contributed by atoms with Crippen LogP contribution < -0.4 is 10.7 Å². The van der Waals surface area contributed by atoms with E-state index in [0.29, 0.717) is 22.0 Å². The highest BCUT2D eigenvalue weighted by Gasteiger charge is 2.14. The number of hydrogen-bond acceptors (Lipinski definition) is 5. The summed E-state index contributed by atoms with van der Waals surface area (Å²) in [7, 11) is 0. The van der Waals surface area contributed by atoms with Gasteiger partial charge < -0.3 is 5.32 Å². The fraction of sp³-hybridized carbons (Fsp3) is 0.118. The van der Waals surface area contributed by atoms with E-state index in [1.54, 1.807) is 19.1 Å². The number of anilines is 1. The lowest BCUT2D eigenvalue weighted by Gasteiger charge is -2.06. The molecule has 0 radical (unpaired) electrons. The number of carbonyl (C=O) groups excluding carboxylic acids is 2. The van der Waals surface area contributed by atoms with Crippen LogP contribution in [0.4, 0.5) is 11.4 Å². The highest BCUT2D eigenvalue weighted by Crippen LogP contribution is 2.19. The number of benzene rings is 2. The molecule has 26 heavy (non-hydrogen) atoms. The molecule has 0 aliphatic heterocycles. The van der Waals surface area contributed by atoms with Gasteiger partial charge in [0, 0.05) is 22.8 Å². The van der Waals surface area contributed by atoms with Crippen molar-refractivity contribution in [2.24, 2.45) is 5.10 Å². The Morgan fingerprint density at radius 1 is 1.12 bits per heavy atom. The molecule has 0 fully saturated rings. The monoisotopic (exact) mass is 374 g/mol. The second kappa shape index (κ2) is 8.21. The number of halogens is 1. The van der Waals surface area contributed by atoms with Crippen LogP contribution in [0.25, 0.3) is 0 Å². The minimum atomic E-state index is -0.956. The predicted octanol–water partition coefficient (Wildman–Crippen LogP) is 3.04. The van der Waals surface area contributed by atoms with Gasteiger partial charge in [0.2, 0.25) is 0 Å². The molecule has 2 aromatic carbocycles. The first-order chi connectivity index (χ1) is 12.3. The SMILES string of the molecule is CC(=NNC(=O)C(=O)Nc1ccc(C)c(Cl)c1)c1ccc([N+](=O)[O-])cc1. The highest BCUT2D eigenvalue weighted by molar-refractivity contribution is 6.40. The van der Waals surface area contributed by atoms with E-state index in [1.165, 1.54) is 30.3 Å². The Morgan fingerprint density at radius 2 is 1.77 bits per heavy atom. The molecule has 0 saturated carbocycles. The largest absolute Gasteiger partial charge is 0.329 e. The van der Waals surface area contributed by atoms with Gasteiger partial charge in [-0.3, -0.25) is 19.7 Å². The topological polar surface area (TPSA) is 114 Å². The number of carbonyl (C=O) groups is 2. The van der Waals surface area contributed by atoms with Gasteiger partial charge in [0.1, 0.15) is 0 Å². The summed E-state index contributed by atoms with van der Waals surface area (Å²) in [6.07, 6.45) is 0. The number of rotatable bonds is 4. The van der Waals surface area contributed by atoms with Crippen LogP contribution in [0, 0.1) is 17.0 Å². The van der Waals surface area contributed by atoms with Crippen molar-refractivity contribution in [1.82, 2.24) is 5.43 Å². The maximum atomic E-state index is 11.9. The second-order valence-electron chi connectivity index (χ2n) is 5.36. The molecule has 0 saturated heterocycles. The molecule has 9 heteroatoms. The maximum Gasteiger partial charge on any atom is 0.329 e. The number of nitro benzene ring substituents is 1. The van der Waals surface area contributed by atoms with E-state index < -0.39 is 16.7 Å². The lowest BCUT2D eigenvalue weighted by atomic mass is 10.1. The molecule has 2 N–H and O–H groups in total. The fourth-order valence-electron chi connectivity index (χ4n) is 1.93. The Labute approximate surface area is 154 Å². The molecule has 0 unspecified atom stereocenters. The highest BCUT2D eigenvalue weighted by atomic mass is 35.5. The van der Waals surface area contributed by atoms with E-state index in [1.807, 2.05) is 6.92 Å². The number of hydrazone groups is 1. The predicted molar refractivity (Wildman–Crippen MR) is 98.3 cm³/mol. The van der Waals surface area contributed by atoms with E-state index in [4.69, 9.17) is 11.6 Å². The summed E-state index contributed by atoms with van der Waals surface area (Å²) in [4.78, 5) is 33.8. The zero-order chi connectivity index (χ0) is 19.3. The van der Waals surface area contributed by atoms with Crippen molar-refractivity contribution >= 4 is 40.5 Å². The van der Waals surface area contributed by atoms with Crippen LogP contribution in [0.2, 0.25) is 5.02 Å². The second-order valence-corrected chi connectivity index (χ2v) is 5.77. The van der Waals surface area contributed by atoms with Gasteiger partial charge in [0.25, 0.3) is 5.69 Å². The summed E-state index contributed by atoms with van der Waals surface area (Å²) in [5.41, 5.74) is 4.27. The zero-order valence-electron chi connectivity index (χ0n) is 13.9. The number of non-ortho nitro benzene ring substituents is 1. The van der Waals surface area contributed by atoms with Gasteiger partial charge >= 0.3 is 11.8 Å². The first-order valence-electron chi connectivity index (χ1n) is 7.44. The molecule has 0 spiro atoms. The van der Waals surface area contributed by atoms with Crippen molar-refractivity contribution in [3.05, 3.63) is 68.7 Å². The lowest BCUT2D eigenvalue weighted by molar-refractivity contribution is -0.384. The molecule has 8 nitrogen and oxygen atoms in total. The summed E-state index contributed by atoms with van der Waals surface area (Å²) < 4.78 is 0. The molecular weight excluding hydrogens is 360 g/mol. The van der Waals surface area contributed by atoms with Crippen molar-refractivity contribution in [2.75, 3.05) is 5.32 Å². The van der Waals surface area contributed by atoms with Gasteiger partial charge in [-0.1, -0.05) is 17.7 Å². The van der Waals surface area contributed by atoms with E-state index in [2.05, 4.69) is 15.8 Å². The number of nitro groups is 1. The van der Waals surface area contributed by atoms with Crippen LogP contribution in [0.15, 0.2) is 47.6 Å². The number of aryl methyl sites for hydroxylation is 1. The molecule has 2 rings (SSSR count). The molecule has 0 heterocycles. The molecule has 0 aromatic heterocycles. The van der Waals surface area contributed by atoms with Crippen molar-refractivity contribution in [3.63, 3.8) is 0 Å². The molecule has 0 bridgehead atoms. The van der Waals surface area contributed by atoms with Gasteiger partial charge in [0.05, 0.1) is 10.6 Å². The summed E-state index contributed by atoms with van der Waals surface area (Å²) in [5.74, 6) is -1.85. The first-order valence-corrected chi connectivity index (χ1v) is 7.82. The summed E-state index contributed by atoms with van der Waals surface area (Å²) >= 11 is 5.96. The van der Waals surface area contributed by atoms with Gasteiger partial charge in [0.15, 0.2) is 0 Å². The Bertz CT molecular complexity index is 894. The normalized spacial score (nSPS) is 11.0. The molecule has 0 atom stereocenters. The van der Waals surface area contributed by atoms with Crippen molar-refractivity contribution in [3.8, 4) is 0 Å². The van der Waals surface area contributed by atoms with Gasteiger partial charge in [-0.25, -0.2) is 5.43 Å². The van der Waals surface area contributed by atoms with E-state index in [9.17, 15) is 19.7 Å². The Morgan fingerprint density at radius 3 is 2.35 bits per heavy atom. The third-order valence-corrected chi connectivity index (χ3v) is 3.86. The zero-order valence-corrected chi connectivity index (χ0v) is 14.7. The average Bonchev–Trinajstić information content (AvgIpc) is 2.62. The summed E-state index contributed by atoms with van der Waals surface area (Å²) in [6, 6.07) is 10.5. The van der Waals surface area contributed by atoms with Crippen LogP contribution in [-0.4, -0.2) is 22.4 Å². The minimum Gasteiger partial charge on any atom is -0.318 e. The maximum absolute atomic E-state index is 11.9. The molecule has 2 amide bonds. The van der Waals surface area contributed by atoms with Crippen molar-refractivity contribution in [2.45, 2.75) is 13.8 Å². The smallest absolute Gasteiger partial charge is 0.318 e. The molecule has 0 aliphatic carbocycles. The number of hydrogen-bond donors (Lipinski definition) is 2. The van der Waals surface area contributed by atoms with E-state index >= 15 is 0 Å². The number of amides is 2.